The summed E-state index contributed by atoms with van der Waals surface area (Å²) in [4.78, 5) is 45.7. The molecule has 13 nitrogen and oxygen atoms in total. The van der Waals surface area contributed by atoms with Gasteiger partial charge >= 0.3 is 6.09 Å². The van der Waals surface area contributed by atoms with E-state index in [1.165, 1.54) is 45.6 Å². The van der Waals surface area contributed by atoms with E-state index in [0.29, 0.717) is 19.3 Å². The summed E-state index contributed by atoms with van der Waals surface area (Å²) in [5.41, 5.74) is -2.43. The van der Waals surface area contributed by atoms with Gasteiger partial charge in [0, 0.05) is 44.8 Å². The molecule has 0 spiro atoms. The first-order chi connectivity index (χ1) is 21.0. The quantitative estimate of drug-likeness (QED) is 0.291. The second-order valence-corrected chi connectivity index (χ2v) is 13.1. The molecule has 0 aromatic carbocycles. The molecule has 45 heavy (non-hydrogen) atoms. The van der Waals surface area contributed by atoms with Gasteiger partial charge in [0.05, 0.1) is 17.8 Å². The Hall–Kier alpha value is -4.11. The van der Waals surface area contributed by atoms with Gasteiger partial charge in [0.25, 0.3) is 17.4 Å². The first-order valence-corrected chi connectivity index (χ1v) is 14.9. The number of nitrogens with zero attached hydrogens (tertiary/aromatic N) is 5. The maximum Gasteiger partial charge on any atom is 0.415 e. The topological polar surface area (TPSA) is 163 Å². The highest BCUT2D eigenvalue weighted by Crippen LogP contribution is 2.45. The third kappa shape index (κ3) is 6.64. The maximum atomic E-state index is 13.6. The van der Waals surface area contributed by atoms with Crippen LogP contribution in [0.2, 0.25) is 0 Å². The number of nitrogens with one attached hydrogen (secondary N) is 2. The zero-order valence-electron chi connectivity index (χ0n) is 25.9. The highest BCUT2D eigenvalue weighted by atomic mass is 19.3. The number of hydrogen-bond donors (Lipinski definition) is 4. The molecule has 244 valence electrons. The molecule has 2 amide bonds. The summed E-state index contributed by atoms with van der Waals surface area (Å²) in [5, 5.41) is 30.6. The van der Waals surface area contributed by atoms with Crippen LogP contribution in [0.3, 0.4) is 0 Å². The van der Waals surface area contributed by atoms with Crippen LogP contribution in [-0.2, 0) is 4.74 Å². The van der Waals surface area contributed by atoms with Crippen LogP contribution in [0.15, 0.2) is 35.4 Å². The molecular formula is C30H39F2N7O6. The molecule has 3 atom stereocenters. The van der Waals surface area contributed by atoms with E-state index in [1.54, 1.807) is 33.8 Å². The van der Waals surface area contributed by atoms with Gasteiger partial charge in [-0.25, -0.2) is 18.6 Å². The fourth-order valence-corrected chi connectivity index (χ4v) is 5.97. The highest BCUT2D eigenvalue weighted by molar-refractivity contribution is 6.00. The Balaban J connectivity index is 1.53. The third-order valence-electron chi connectivity index (χ3n) is 8.36. The number of amides is 2. The van der Waals surface area contributed by atoms with Crippen molar-refractivity contribution >= 4 is 35.0 Å². The van der Waals surface area contributed by atoms with Gasteiger partial charge in [-0.3, -0.25) is 14.5 Å². The highest BCUT2D eigenvalue weighted by Gasteiger charge is 2.47. The second kappa shape index (κ2) is 11.7. The van der Waals surface area contributed by atoms with Crippen molar-refractivity contribution in [2.45, 2.75) is 89.0 Å². The number of fused-ring (bicyclic) bond motifs is 1. The number of halogens is 2. The van der Waals surface area contributed by atoms with Gasteiger partial charge in [0.15, 0.2) is 5.65 Å². The molecule has 2 aliphatic rings. The molecule has 15 heteroatoms. The Morgan fingerprint density at radius 3 is 2.62 bits per heavy atom. The largest absolute Gasteiger partial charge is 0.443 e. The van der Waals surface area contributed by atoms with E-state index in [-0.39, 0.29) is 41.1 Å². The van der Waals surface area contributed by atoms with E-state index in [9.17, 15) is 33.4 Å². The van der Waals surface area contributed by atoms with Gasteiger partial charge in [-0.1, -0.05) is 0 Å². The van der Waals surface area contributed by atoms with Crippen molar-refractivity contribution in [1.29, 1.82) is 0 Å². The van der Waals surface area contributed by atoms with Crippen LogP contribution < -0.4 is 21.1 Å². The minimum absolute atomic E-state index is 0.0325. The van der Waals surface area contributed by atoms with Gasteiger partial charge in [-0.15, -0.1) is 0 Å². The maximum absolute atomic E-state index is 13.6. The zero-order chi connectivity index (χ0) is 32.9. The lowest BCUT2D eigenvalue weighted by Gasteiger charge is -2.36. The summed E-state index contributed by atoms with van der Waals surface area (Å²) in [7, 11) is 1.45. The Morgan fingerprint density at radius 1 is 1.27 bits per heavy atom. The number of aliphatic hydroxyl groups excluding tert-OH is 1. The summed E-state index contributed by atoms with van der Waals surface area (Å²) in [6.45, 7) is 6.68. The number of aliphatic hydroxyl groups is 2. The first kappa shape index (κ1) is 32.3. The molecule has 3 heterocycles. The van der Waals surface area contributed by atoms with Gasteiger partial charge in [0.1, 0.15) is 28.5 Å². The predicted molar refractivity (Wildman–Crippen MR) is 161 cm³/mol. The fraction of sp³-hybridized carbons (Fsp3) is 0.567. The van der Waals surface area contributed by atoms with Gasteiger partial charge < -0.3 is 30.2 Å². The van der Waals surface area contributed by atoms with Gasteiger partial charge in [-0.05, 0) is 65.0 Å². The summed E-state index contributed by atoms with van der Waals surface area (Å²) < 4.78 is 35.1. The molecule has 5 rings (SSSR count). The van der Waals surface area contributed by atoms with Crippen molar-refractivity contribution in [2.75, 3.05) is 23.9 Å². The van der Waals surface area contributed by atoms with E-state index in [2.05, 4.69) is 20.7 Å². The molecular weight excluding hydrogens is 592 g/mol. The number of alkyl halides is 2. The Kier molecular flexibility index (Phi) is 8.38. The molecule has 4 N–H and O–H groups in total. The average Bonchev–Trinajstić information content (AvgIpc) is 3.47. The molecule has 3 aromatic rings. The van der Waals surface area contributed by atoms with Crippen LogP contribution in [0.4, 0.5) is 30.9 Å². The molecule has 0 aliphatic heterocycles. The van der Waals surface area contributed by atoms with Gasteiger partial charge in [-0.2, -0.15) is 9.61 Å². The summed E-state index contributed by atoms with van der Waals surface area (Å²) in [6.07, 6.45) is 2.61. The smallest absolute Gasteiger partial charge is 0.415 e. The van der Waals surface area contributed by atoms with Crippen molar-refractivity contribution in [3.63, 3.8) is 0 Å². The number of hydrogen-bond acceptors (Lipinski definition) is 9. The lowest BCUT2D eigenvalue weighted by Crippen LogP contribution is -2.50. The number of carbonyl (C=O) groups is 2. The van der Waals surface area contributed by atoms with Crippen LogP contribution in [0.25, 0.3) is 5.65 Å². The molecule has 2 aliphatic carbocycles. The van der Waals surface area contributed by atoms with Crippen molar-refractivity contribution in [2.24, 2.45) is 5.92 Å². The fourth-order valence-electron chi connectivity index (χ4n) is 5.97. The number of pyridine rings is 1. The number of anilines is 3. The van der Waals surface area contributed by atoms with Crippen molar-refractivity contribution in [3.8, 4) is 0 Å². The average molecular weight is 632 g/mol. The number of aromatic nitrogens is 4. The Labute approximate surface area is 258 Å². The van der Waals surface area contributed by atoms with Crippen LogP contribution in [0.1, 0.15) is 76.2 Å². The standard InChI is InChI=1S/C30H39F2N7O6/c1-28(2,3)45-27(43)37(5)22-13-21(34-20-7-6-11-38(26(20)42)18-14-30(31,32)15-18)35-24-19(16-33-39(22)24)25(41)36-23-17(9-12-40)8-10-29(23,4)44/h6-7,11,13,16-18,23,40,44H,8-10,12,14-15H2,1-5H3,(H,34,35)(H,36,41)/t17?,23?,29-/m0/s1. The molecule has 0 radical (unpaired) electrons. The van der Waals surface area contributed by atoms with E-state index < -0.39 is 59.6 Å². The normalized spacial score (nSPS) is 23.0. The summed E-state index contributed by atoms with van der Waals surface area (Å²) in [5.74, 6) is -3.32. The SMILES string of the molecule is CN(C(=O)OC(C)(C)C)c1cc(Nc2cccn(C3CC(F)(F)C3)c2=O)nc2c(C(=O)NC3C(CCO)CC[C@]3(C)O)cnn12. The molecule has 2 unspecified atom stereocenters. The number of carbonyl (C=O) groups excluding carboxylic acids is 2. The van der Waals surface area contributed by atoms with Crippen LogP contribution in [-0.4, -0.2) is 78.2 Å². The number of rotatable bonds is 8. The molecule has 0 bridgehead atoms. The van der Waals surface area contributed by atoms with E-state index in [4.69, 9.17) is 4.74 Å². The summed E-state index contributed by atoms with van der Waals surface area (Å²) >= 11 is 0. The molecule has 2 saturated carbocycles. The second-order valence-electron chi connectivity index (χ2n) is 13.1. The third-order valence-corrected chi connectivity index (χ3v) is 8.36. The number of ether oxygens (including phenoxy) is 1. The first-order valence-electron chi connectivity index (χ1n) is 14.9. The Morgan fingerprint density at radius 2 is 1.98 bits per heavy atom. The minimum atomic E-state index is -2.82. The van der Waals surface area contributed by atoms with Crippen molar-refractivity contribution in [3.05, 3.63) is 46.5 Å². The van der Waals surface area contributed by atoms with E-state index in [1.807, 2.05) is 0 Å². The van der Waals surface area contributed by atoms with Crippen molar-refractivity contribution in [1.82, 2.24) is 24.5 Å². The predicted octanol–water partition coefficient (Wildman–Crippen LogP) is 3.62. The minimum Gasteiger partial charge on any atom is -0.443 e. The van der Waals surface area contributed by atoms with E-state index in [0.717, 1.165) is 0 Å². The molecule has 3 aromatic heterocycles. The van der Waals surface area contributed by atoms with Crippen LogP contribution in [0, 0.1) is 5.92 Å². The lowest BCUT2D eigenvalue weighted by molar-refractivity contribution is -0.104. The van der Waals surface area contributed by atoms with Crippen molar-refractivity contribution < 1.29 is 33.3 Å². The van der Waals surface area contributed by atoms with Crippen LogP contribution >= 0.6 is 0 Å². The van der Waals surface area contributed by atoms with Gasteiger partial charge in [0.2, 0.25) is 0 Å². The van der Waals surface area contributed by atoms with Crippen LogP contribution in [0.5, 0.6) is 0 Å². The zero-order valence-corrected chi connectivity index (χ0v) is 25.9. The van der Waals surface area contributed by atoms with E-state index >= 15 is 0 Å². The molecule has 2 fully saturated rings. The summed E-state index contributed by atoms with van der Waals surface area (Å²) in [6, 6.07) is 3.19. The molecule has 0 saturated heterocycles. The Bertz CT molecular complexity index is 1660. The monoisotopic (exact) mass is 631 g/mol. The lowest BCUT2D eigenvalue weighted by atomic mass is 9.88.